The third-order valence-corrected chi connectivity index (χ3v) is 2.13. The van der Waals surface area contributed by atoms with Crippen molar-refractivity contribution in [2.75, 3.05) is 26.2 Å². The van der Waals surface area contributed by atoms with Crippen molar-refractivity contribution in [1.82, 2.24) is 5.32 Å². The Kier molecular flexibility index (Phi) is 39.0. The van der Waals surface area contributed by atoms with Gasteiger partial charge >= 0.3 is 29.6 Å². The Morgan fingerprint density at radius 1 is 1.27 bits per heavy atom. The van der Waals surface area contributed by atoms with Gasteiger partial charge in [-0.2, -0.15) is 0 Å². The monoisotopic (exact) mass is 326 g/mol. The van der Waals surface area contributed by atoms with E-state index < -0.39 is 5.97 Å². The van der Waals surface area contributed by atoms with E-state index in [-0.39, 0.29) is 48.4 Å². The van der Waals surface area contributed by atoms with Crippen molar-refractivity contribution in [1.29, 1.82) is 0 Å². The maximum atomic E-state index is 9.85. The SMILES string of the molecule is C=CC(C)=O.CCCCCCC(=O)[O-].NCCNCCO.[Na+]. The summed E-state index contributed by atoms with van der Waals surface area (Å²) in [6, 6.07) is 0. The third-order valence-electron chi connectivity index (χ3n) is 2.13. The fourth-order valence-corrected chi connectivity index (χ4v) is 1.00. The molecule has 0 saturated carbocycles. The largest absolute Gasteiger partial charge is 1.00 e. The van der Waals surface area contributed by atoms with Crippen LogP contribution in [0.4, 0.5) is 0 Å². The summed E-state index contributed by atoms with van der Waals surface area (Å²) in [4.78, 5) is 19.5. The van der Waals surface area contributed by atoms with Crippen LogP contribution < -0.4 is 45.7 Å². The molecule has 0 aliphatic carbocycles. The quantitative estimate of drug-likeness (QED) is 0.224. The topological polar surface area (TPSA) is 115 Å². The number of carbonyl (C=O) groups is 2. The summed E-state index contributed by atoms with van der Waals surface area (Å²) >= 11 is 0. The zero-order valence-corrected chi connectivity index (χ0v) is 16.4. The number of nitrogens with one attached hydrogen (secondary N) is 1. The van der Waals surface area contributed by atoms with E-state index in [4.69, 9.17) is 10.8 Å². The van der Waals surface area contributed by atoms with E-state index in [0.717, 1.165) is 32.2 Å². The number of carboxylic acid groups (broad SMARTS) is 1. The number of aliphatic hydroxyl groups excluding tert-OH is 1. The molecule has 0 aromatic rings. The fraction of sp³-hybridized carbons (Fsp3) is 0.733. The van der Waals surface area contributed by atoms with Crippen molar-refractivity contribution in [2.45, 2.75) is 46.0 Å². The number of unbranched alkanes of at least 4 members (excludes halogenated alkanes) is 3. The van der Waals surface area contributed by atoms with E-state index in [2.05, 4.69) is 18.8 Å². The Morgan fingerprint density at radius 3 is 2.14 bits per heavy atom. The molecule has 0 aliphatic rings. The van der Waals surface area contributed by atoms with Crippen LogP contribution in [-0.2, 0) is 9.59 Å². The summed E-state index contributed by atoms with van der Waals surface area (Å²) in [5, 5.41) is 21.0. The number of carbonyl (C=O) groups excluding carboxylic acids is 2. The van der Waals surface area contributed by atoms with Gasteiger partial charge in [-0.3, -0.25) is 4.79 Å². The summed E-state index contributed by atoms with van der Waals surface area (Å²) in [5.74, 6) is -0.906. The Balaban J connectivity index is -0.000000113. The molecule has 0 aliphatic heterocycles. The maximum absolute atomic E-state index is 9.85. The van der Waals surface area contributed by atoms with Gasteiger partial charge in [-0.15, -0.1) is 0 Å². The van der Waals surface area contributed by atoms with Gasteiger partial charge in [-0.1, -0.05) is 32.8 Å². The van der Waals surface area contributed by atoms with Crippen molar-refractivity contribution in [3.05, 3.63) is 12.7 Å². The smallest absolute Gasteiger partial charge is 0.550 e. The molecule has 4 N–H and O–H groups in total. The predicted molar refractivity (Wildman–Crippen MR) is 83.7 cm³/mol. The molecular weight excluding hydrogens is 295 g/mol. The molecule has 0 rings (SSSR count). The normalized spacial score (nSPS) is 8.36. The Labute approximate surface area is 156 Å². The Bertz CT molecular complexity index is 248. The number of aliphatic hydroxyl groups is 1. The molecule has 0 amide bonds. The molecule has 22 heavy (non-hydrogen) atoms. The Morgan fingerprint density at radius 2 is 1.82 bits per heavy atom. The van der Waals surface area contributed by atoms with E-state index in [0.29, 0.717) is 13.1 Å². The number of hydrogen-bond acceptors (Lipinski definition) is 6. The first kappa shape index (κ1) is 29.7. The summed E-state index contributed by atoms with van der Waals surface area (Å²) < 4.78 is 0. The zero-order valence-electron chi connectivity index (χ0n) is 14.4. The van der Waals surface area contributed by atoms with E-state index in [1.807, 2.05) is 0 Å². The number of rotatable bonds is 10. The van der Waals surface area contributed by atoms with E-state index in [1.165, 1.54) is 13.0 Å². The molecule has 0 unspecified atom stereocenters. The number of nitrogens with two attached hydrogens (primary N) is 1. The fourth-order valence-electron chi connectivity index (χ4n) is 1.00. The number of carboxylic acids is 1. The number of aliphatic carboxylic acids is 1. The Hall–Kier alpha value is -0.240. The summed E-state index contributed by atoms with van der Waals surface area (Å²) in [7, 11) is 0. The molecule has 7 heteroatoms. The first-order chi connectivity index (χ1) is 9.95. The number of hydrogen-bond donors (Lipinski definition) is 3. The second-order valence-corrected chi connectivity index (χ2v) is 4.26. The van der Waals surface area contributed by atoms with Crippen LogP contribution in [0.3, 0.4) is 0 Å². The van der Waals surface area contributed by atoms with E-state index in [1.54, 1.807) is 0 Å². The molecule has 0 bridgehead atoms. The summed E-state index contributed by atoms with van der Waals surface area (Å²) in [5.41, 5.74) is 5.13. The van der Waals surface area contributed by atoms with Gasteiger partial charge in [-0.25, -0.2) is 0 Å². The standard InChI is InChI=1S/C7H14O2.C4H12N2O.C4H6O.Na/c1-2-3-4-5-6-7(8)9;5-1-2-6-3-4-7;1-3-4(2)5;/h2-6H2,1H3,(H,8,9);6-7H,1-5H2;3H,1H2,2H3;/q;;;+1/p-1. The molecule has 0 fully saturated rings. The molecule has 0 aromatic heterocycles. The van der Waals surface area contributed by atoms with Gasteiger partial charge < -0.3 is 26.1 Å². The van der Waals surface area contributed by atoms with Crippen molar-refractivity contribution in [2.24, 2.45) is 5.73 Å². The second-order valence-electron chi connectivity index (χ2n) is 4.26. The molecule has 0 spiro atoms. The van der Waals surface area contributed by atoms with Crippen molar-refractivity contribution in [3.63, 3.8) is 0 Å². The van der Waals surface area contributed by atoms with Crippen LogP contribution >= 0.6 is 0 Å². The molecular formula is C15H31N2NaO4. The van der Waals surface area contributed by atoms with Crippen molar-refractivity contribution in [3.8, 4) is 0 Å². The first-order valence-electron chi connectivity index (χ1n) is 7.30. The van der Waals surface area contributed by atoms with Gasteiger partial charge in [0.1, 0.15) is 0 Å². The molecule has 126 valence electrons. The number of allylic oxidation sites excluding steroid dienone is 1. The van der Waals surface area contributed by atoms with Crippen LogP contribution in [-0.4, -0.2) is 43.1 Å². The van der Waals surface area contributed by atoms with Crippen LogP contribution in [0.5, 0.6) is 0 Å². The average Bonchev–Trinajstić information content (AvgIpc) is 2.45. The molecule has 0 atom stereocenters. The minimum absolute atomic E-state index is 0. The molecule has 0 radical (unpaired) electrons. The second kappa shape index (κ2) is 28.9. The molecule has 0 aromatic carbocycles. The van der Waals surface area contributed by atoms with Gasteiger partial charge in [0.15, 0.2) is 5.78 Å². The van der Waals surface area contributed by atoms with E-state index >= 15 is 0 Å². The van der Waals surface area contributed by atoms with Gasteiger partial charge in [0.05, 0.1) is 6.61 Å². The molecule has 6 nitrogen and oxygen atoms in total. The average molecular weight is 326 g/mol. The van der Waals surface area contributed by atoms with Crippen LogP contribution in [0.15, 0.2) is 12.7 Å². The molecule has 0 heterocycles. The van der Waals surface area contributed by atoms with E-state index in [9.17, 15) is 14.7 Å². The van der Waals surface area contributed by atoms with Crippen LogP contribution in [0.1, 0.15) is 46.0 Å². The van der Waals surface area contributed by atoms with Gasteiger partial charge in [0.2, 0.25) is 0 Å². The van der Waals surface area contributed by atoms with Gasteiger partial charge in [0, 0.05) is 25.6 Å². The van der Waals surface area contributed by atoms with Crippen molar-refractivity contribution < 1.29 is 49.4 Å². The minimum atomic E-state index is -0.925. The summed E-state index contributed by atoms with van der Waals surface area (Å²) in [6.07, 6.45) is 5.57. The van der Waals surface area contributed by atoms with Gasteiger partial charge in [-0.05, 0) is 25.8 Å². The summed E-state index contributed by atoms with van der Waals surface area (Å²) in [6.45, 7) is 9.05. The first-order valence-corrected chi connectivity index (χ1v) is 7.30. The van der Waals surface area contributed by atoms with Crippen molar-refractivity contribution >= 4 is 11.8 Å². The minimum Gasteiger partial charge on any atom is -0.550 e. The van der Waals surface area contributed by atoms with Gasteiger partial charge in [0.25, 0.3) is 0 Å². The molecule has 0 saturated heterocycles. The van der Waals surface area contributed by atoms with Crippen LogP contribution in [0.25, 0.3) is 0 Å². The van der Waals surface area contributed by atoms with Crippen LogP contribution in [0.2, 0.25) is 0 Å². The third kappa shape index (κ3) is 50.3. The van der Waals surface area contributed by atoms with Crippen LogP contribution in [0, 0.1) is 0 Å². The number of ketones is 1. The predicted octanol–water partition coefficient (Wildman–Crippen LogP) is -3.00. The zero-order chi connectivity index (χ0) is 16.9. The maximum Gasteiger partial charge on any atom is 1.00 e.